The standard InChI is InChI=1S/C10H8N4S2/c1-2-4-9-8(3-1)7(6-15-9)5-11-10-12-13-14-16-10/h1-4,6H,5H2,(H,11,12,14). The van der Waals surface area contributed by atoms with Gasteiger partial charge >= 0.3 is 0 Å². The third-order valence-electron chi connectivity index (χ3n) is 2.29. The maximum atomic E-state index is 3.85. The van der Waals surface area contributed by atoms with E-state index in [-0.39, 0.29) is 0 Å². The molecule has 1 aromatic carbocycles. The van der Waals surface area contributed by atoms with Crippen molar-refractivity contribution >= 4 is 38.1 Å². The lowest BCUT2D eigenvalue weighted by Gasteiger charge is -1.99. The van der Waals surface area contributed by atoms with E-state index >= 15 is 0 Å². The van der Waals surface area contributed by atoms with Gasteiger partial charge < -0.3 is 5.32 Å². The lowest BCUT2D eigenvalue weighted by atomic mass is 10.2. The molecule has 0 atom stereocenters. The number of rotatable bonds is 3. The molecule has 0 unspecified atom stereocenters. The Hall–Kier alpha value is -1.53. The molecule has 0 aliphatic carbocycles. The number of hydrogen-bond donors (Lipinski definition) is 1. The zero-order chi connectivity index (χ0) is 10.8. The summed E-state index contributed by atoms with van der Waals surface area (Å²) >= 11 is 3.03. The number of fused-ring (bicyclic) bond motifs is 1. The molecule has 0 bridgehead atoms. The Kier molecular flexibility index (Phi) is 2.51. The maximum Gasteiger partial charge on any atom is 0.225 e. The van der Waals surface area contributed by atoms with Crippen LogP contribution < -0.4 is 5.32 Å². The lowest BCUT2D eigenvalue weighted by Crippen LogP contribution is -1.97. The Bertz CT molecular complexity index is 588. The van der Waals surface area contributed by atoms with E-state index < -0.39 is 0 Å². The minimum Gasteiger partial charge on any atom is -0.355 e. The molecule has 0 fully saturated rings. The van der Waals surface area contributed by atoms with E-state index in [1.807, 2.05) is 0 Å². The number of hydrogen-bond acceptors (Lipinski definition) is 6. The van der Waals surface area contributed by atoms with Gasteiger partial charge in [-0.1, -0.05) is 27.8 Å². The fourth-order valence-corrected chi connectivity index (χ4v) is 2.87. The predicted octanol–water partition coefficient (Wildman–Crippen LogP) is 2.76. The first-order valence-electron chi connectivity index (χ1n) is 4.77. The fourth-order valence-electron chi connectivity index (χ4n) is 1.54. The van der Waals surface area contributed by atoms with Gasteiger partial charge in [0.25, 0.3) is 0 Å². The van der Waals surface area contributed by atoms with Crippen molar-refractivity contribution in [2.24, 2.45) is 0 Å². The molecule has 16 heavy (non-hydrogen) atoms. The lowest BCUT2D eigenvalue weighted by molar-refractivity contribution is 0.951. The molecule has 0 aliphatic heterocycles. The SMILES string of the molecule is c1ccc2c(CNc3nnns3)csc2c1. The second-order valence-electron chi connectivity index (χ2n) is 3.28. The topological polar surface area (TPSA) is 50.7 Å². The highest BCUT2D eigenvalue weighted by atomic mass is 32.1. The van der Waals surface area contributed by atoms with Crippen LogP contribution in [-0.2, 0) is 6.54 Å². The Morgan fingerprint density at radius 1 is 1.25 bits per heavy atom. The highest BCUT2D eigenvalue weighted by Gasteiger charge is 2.04. The van der Waals surface area contributed by atoms with Crippen molar-refractivity contribution in [3.8, 4) is 0 Å². The van der Waals surface area contributed by atoms with Gasteiger partial charge in [-0.05, 0) is 27.6 Å². The van der Waals surface area contributed by atoms with Crippen molar-refractivity contribution in [1.82, 2.24) is 14.8 Å². The summed E-state index contributed by atoms with van der Waals surface area (Å²) in [5.41, 5.74) is 1.29. The van der Waals surface area contributed by atoms with Gasteiger partial charge in [-0.25, -0.2) is 0 Å². The van der Waals surface area contributed by atoms with E-state index in [2.05, 4.69) is 49.8 Å². The normalized spacial score (nSPS) is 10.8. The van der Waals surface area contributed by atoms with Crippen LogP contribution in [0.5, 0.6) is 0 Å². The first-order valence-corrected chi connectivity index (χ1v) is 6.43. The second kappa shape index (κ2) is 4.15. The van der Waals surface area contributed by atoms with Gasteiger partial charge in [-0.3, -0.25) is 0 Å². The van der Waals surface area contributed by atoms with Crippen LogP contribution in [0.4, 0.5) is 5.13 Å². The summed E-state index contributed by atoms with van der Waals surface area (Å²) in [7, 11) is 0. The molecule has 2 aromatic heterocycles. The van der Waals surface area contributed by atoms with Crippen molar-refractivity contribution in [2.45, 2.75) is 6.54 Å². The molecule has 3 aromatic rings. The zero-order valence-corrected chi connectivity index (χ0v) is 9.88. The number of aromatic nitrogens is 3. The van der Waals surface area contributed by atoms with Crippen LogP contribution in [0.1, 0.15) is 5.56 Å². The molecular weight excluding hydrogens is 240 g/mol. The predicted molar refractivity (Wildman–Crippen MR) is 66.9 cm³/mol. The summed E-state index contributed by atoms with van der Waals surface area (Å²) in [6.45, 7) is 0.765. The molecule has 3 rings (SSSR count). The van der Waals surface area contributed by atoms with Gasteiger partial charge in [0.05, 0.1) is 0 Å². The van der Waals surface area contributed by atoms with E-state index in [4.69, 9.17) is 0 Å². The Balaban J connectivity index is 1.84. The molecule has 4 nitrogen and oxygen atoms in total. The summed E-state index contributed by atoms with van der Waals surface area (Å²) in [4.78, 5) is 0. The van der Waals surface area contributed by atoms with E-state index in [0.717, 1.165) is 11.7 Å². The van der Waals surface area contributed by atoms with Crippen LogP contribution in [0, 0.1) is 0 Å². The van der Waals surface area contributed by atoms with E-state index in [9.17, 15) is 0 Å². The van der Waals surface area contributed by atoms with Gasteiger partial charge in [0, 0.05) is 22.8 Å². The quantitative estimate of drug-likeness (QED) is 0.774. The summed E-state index contributed by atoms with van der Waals surface area (Å²) in [6.07, 6.45) is 0. The first kappa shape index (κ1) is 9.68. The maximum absolute atomic E-state index is 3.85. The summed E-state index contributed by atoms with van der Waals surface area (Å²) in [6, 6.07) is 8.40. The van der Waals surface area contributed by atoms with Gasteiger partial charge in [0.15, 0.2) is 0 Å². The van der Waals surface area contributed by atoms with E-state index in [1.54, 1.807) is 11.3 Å². The van der Waals surface area contributed by atoms with Crippen LogP contribution in [0.25, 0.3) is 10.1 Å². The first-order chi connectivity index (χ1) is 7.93. The molecule has 6 heteroatoms. The molecule has 0 saturated carbocycles. The molecule has 80 valence electrons. The highest BCUT2D eigenvalue weighted by molar-refractivity contribution is 7.17. The third-order valence-corrected chi connectivity index (χ3v) is 3.86. The number of anilines is 1. The van der Waals surface area contributed by atoms with Crippen molar-refractivity contribution in [3.05, 3.63) is 35.2 Å². The number of nitrogens with one attached hydrogen (secondary N) is 1. The van der Waals surface area contributed by atoms with Crippen LogP contribution in [0.15, 0.2) is 29.6 Å². The van der Waals surface area contributed by atoms with Crippen LogP contribution >= 0.6 is 22.9 Å². The molecule has 0 amide bonds. The van der Waals surface area contributed by atoms with Crippen LogP contribution in [-0.4, -0.2) is 14.8 Å². The molecule has 1 N–H and O–H groups in total. The molecule has 0 saturated heterocycles. The largest absolute Gasteiger partial charge is 0.355 e. The summed E-state index contributed by atoms with van der Waals surface area (Å²) < 4.78 is 5.02. The molecule has 0 radical (unpaired) electrons. The highest BCUT2D eigenvalue weighted by Crippen LogP contribution is 2.26. The van der Waals surface area contributed by atoms with E-state index in [1.165, 1.54) is 27.2 Å². The second-order valence-corrected chi connectivity index (χ2v) is 4.92. The molecular formula is C10H8N4S2. The van der Waals surface area contributed by atoms with Crippen molar-refractivity contribution in [3.63, 3.8) is 0 Å². The van der Waals surface area contributed by atoms with Gasteiger partial charge in [0.1, 0.15) is 0 Å². The Morgan fingerprint density at radius 3 is 3.06 bits per heavy atom. The number of nitrogens with zero attached hydrogens (tertiary/aromatic N) is 3. The summed E-state index contributed by atoms with van der Waals surface area (Å²) in [5.74, 6) is 0. The number of thiophene rings is 1. The van der Waals surface area contributed by atoms with Crippen molar-refractivity contribution < 1.29 is 0 Å². The van der Waals surface area contributed by atoms with Crippen molar-refractivity contribution in [1.29, 1.82) is 0 Å². The Labute approximate surface area is 100 Å². The molecule has 0 aliphatic rings. The summed E-state index contributed by atoms with van der Waals surface area (Å²) in [5, 5.41) is 14.8. The van der Waals surface area contributed by atoms with E-state index in [0.29, 0.717) is 0 Å². The third kappa shape index (κ3) is 1.77. The average Bonchev–Trinajstić information content (AvgIpc) is 2.96. The number of benzene rings is 1. The van der Waals surface area contributed by atoms with Gasteiger partial charge in [-0.15, -0.1) is 11.3 Å². The van der Waals surface area contributed by atoms with Crippen LogP contribution in [0.2, 0.25) is 0 Å². The minimum atomic E-state index is 0.760. The minimum absolute atomic E-state index is 0.760. The average molecular weight is 248 g/mol. The van der Waals surface area contributed by atoms with Crippen molar-refractivity contribution in [2.75, 3.05) is 5.32 Å². The molecule has 0 spiro atoms. The van der Waals surface area contributed by atoms with Gasteiger partial charge in [0.2, 0.25) is 5.13 Å². The monoisotopic (exact) mass is 248 g/mol. The zero-order valence-electron chi connectivity index (χ0n) is 8.25. The van der Waals surface area contributed by atoms with Gasteiger partial charge in [-0.2, -0.15) is 0 Å². The molecule has 2 heterocycles. The smallest absolute Gasteiger partial charge is 0.225 e. The van der Waals surface area contributed by atoms with Crippen LogP contribution in [0.3, 0.4) is 0 Å². The fraction of sp³-hybridized carbons (Fsp3) is 0.100. The Morgan fingerprint density at radius 2 is 2.19 bits per heavy atom.